The molecular weight excluding hydrogens is 390 g/mol. The minimum Gasteiger partial charge on any atom is -0.378 e. The van der Waals surface area contributed by atoms with Gasteiger partial charge in [-0.3, -0.25) is 0 Å². The van der Waals surface area contributed by atoms with Crippen LogP contribution in [-0.4, -0.2) is 54.3 Å². The molecule has 0 aliphatic rings. The van der Waals surface area contributed by atoms with E-state index in [2.05, 4.69) is 92.9 Å². The first-order valence-electron chi connectivity index (χ1n) is 10.6. The molecule has 30 heavy (non-hydrogen) atoms. The lowest BCUT2D eigenvalue weighted by molar-refractivity contribution is 0.0219. The van der Waals surface area contributed by atoms with Crippen LogP contribution >= 0.6 is 0 Å². The maximum atomic E-state index is 5.70. The van der Waals surface area contributed by atoms with Gasteiger partial charge in [0, 0.05) is 6.54 Å². The van der Waals surface area contributed by atoms with Crippen LogP contribution in [0.1, 0.15) is 20.8 Å². The van der Waals surface area contributed by atoms with E-state index in [1.165, 1.54) is 10.4 Å². The molecule has 2 N–H and O–H groups in total. The molecule has 2 aromatic rings. The Kier molecular flexibility index (Phi) is 10.3. The molecule has 0 fully saturated rings. The quantitative estimate of drug-likeness (QED) is 0.342. The van der Waals surface area contributed by atoms with Crippen molar-refractivity contribution >= 4 is 18.4 Å². The van der Waals surface area contributed by atoms with Crippen LogP contribution in [0.2, 0.25) is 5.04 Å². The first-order chi connectivity index (χ1) is 14.5. The number of hydrogen-bond donors (Lipinski definition) is 1. The predicted octanol–water partition coefficient (Wildman–Crippen LogP) is 2.60. The number of nitrogens with two attached hydrogens (primary N) is 1. The van der Waals surface area contributed by atoms with Crippen molar-refractivity contribution in [3.05, 3.63) is 60.7 Å². The lowest BCUT2D eigenvalue weighted by Gasteiger charge is -2.39. The third-order valence-electron chi connectivity index (χ3n) is 4.99. The summed E-state index contributed by atoms with van der Waals surface area (Å²) in [5.74, 6) is 3.34. The molecule has 0 heterocycles. The monoisotopic (exact) mass is 425 g/mol. The molecule has 162 valence electrons. The van der Waals surface area contributed by atoms with Gasteiger partial charge in [0.05, 0.1) is 33.0 Å². The van der Waals surface area contributed by atoms with E-state index in [1.54, 1.807) is 0 Å². The van der Waals surface area contributed by atoms with Gasteiger partial charge in [-0.15, -0.1) is 5.54 Å². The first-order valence-corrected chi connectivity index (χ1v) is 12.6. The molecule has 0 spiro atoms. The van der Waals surface area contributed by atoms with Gasteiger partial charge in [0.1, 0.15) is 6.61 Å². The fraction of sp³-hybridized carbons (Fsp3) is 0.440. The first kappa shape index (κ1) is 24.3. The smallest absolute Gasteiger partial charge is 0.204 e. The van der Waals surface area contributed by atoms with Crippen molar-refractivity contribution < 1.29 is 14.2 Å². The Hall–Kier alpha value is -1.94. The minimum atomic E-state index is -2.34. The average Bonchev–Trinajstić information content (AvgIpc) is 2.75. The summed E-state index contributed by atoms with van der Waals surface area (Å²) >= 11 is 0. The van der Waals surface area contributed by atoms with Crippen LogP contribution in [0.15, 0.2) is 60.7 Å². The van der Waals surface area contributed by atoms with E-state index < -0.39 is 8.07 Å². The summed E-state index contributed by atoms with van der Waals surface area (Å²) in [5.41, 5.74) is 9.10. The molecule has 0 radical (unpaired) electrons. The summed E-state index contributed by atoms with van der Waals surface area (Å²) in [5, 5.41) is 2.68. The molecule has 0 aromatic heterocycles. The summed E-state index contributed by atoms with van der Waals surface area (Å²) in [7, 11) is -2.34. The predicted molar refractivity (Wildman–Crippen MR) is 127 cm³/mol. The van der Waals surface area contributed by atoms with Crippen LogP contribution < -0.4 is 16.1 Å². The maximum Gasteiger partial charge on any atom is 0.204 e. The van der Waals surface area contributed by atoms with Gasteiger partial charge in [-0.25, -0.2) is 0 Å². The second kappa shape index (κ2) is 12.7. The highest BCUT2D eigenvalue weighted by Gasteiger charge is 2.46. The molecular formula is C25H35NO3Si. The van der Waals surface area contributed by atoms with Crippen LogP contribution in [0.4, 0.5) is 0 Å². The van der Waals surface area contributed by atoms with E-state index in [-0.39, 0.29) is 5.04 Å². The van der Waals surface area contributed by atoms with Gasteiger partial charge in [-0.05, 0) is 15.4 Å². The third-order valence-corrected chi connectivity index (χ3v) is 10.2. The van der Waals surface area contributed by atoms with Crippen molar-refractivity contribution in [1.29, 1.82) is 0 Å². The fourth-order valence-electron chi connectivity index (χ4n) is 3.56. The van der Waals surface area contributed by atoms with E-state index in [4.69, 9.17) is 19.9 Å². The second-order valence-electron chi connectivity index (χ2n) is 8.10. The number of benzene rings is 2. The number of rotatable bonds is 11. The van der Waals surface area contributed by atoms with Crippen LogP contribution in [-0.2, 0) is 14.2 Å². The zero-order valence-corrected chi connectivity index (χ0v) is 19.5. The fourth-order valence-corrected chi connectivity index (χ4v) is 8.01. The van der Waals surface area contributed by atoms with E-state index in [1.807, 2.05) is 0 Å². The topological polar surface area (TPSA) is 53.7 Å². The summed E-state index contributed by atoms with van der Waals surface area (Å²) < 4.78 is 16.5. The second-order valence-corrected chi connectivity index (χ2v) is 12.5. The molecule has 2 aromatic carbocycles. The molecule has 0 aliphatic carbocycles. The Morgan fingerprint density at radius 1 is 0.733 bits per heavy atom. The summed E-state index contributed by atoms with van der Waals surface area (Å²) in [6.45, 7) is 10.6. The maximum absolute atomic E-state index is 5.70. The molecule has 0 saturated heterocycles. The van der Waals surface area contributed by atoms with Gasteiger partial charge in [0.25, 0.3) is 0 Å². The molecule has 0 amide bonds. The summed E-state index contributed by atoms with van der Waals surface area (Å²) in [4.78, 5) is 0. The Balaban J connectivity index is 2.06. The van der Waals surface area contributed by atoms with Crippen LogP contribution in [0.5, 0.6) is 0 Å². The Bertz CT molecular complexity index is 739. The van der Waals surface area contributed by atoms with Crippen molar-refractivity contribution in [1.82, 2.24) is 0 Å². The molecule has 0 aliphatic heterocycles. The Labute approximate surface area is 182 Å². The van der Waals surface area contributed by atoms with Crippen molar-refractivity contribution in [2.45, 2.75) is 25.8 Å². The van der Waals surface area contributed by atoms with Crippen molar-refractivity contribution in [3.8, 4) is 11.5 Å². The third kappa shape index (κ3) is 6.80. The Morgan fingerprint density at radius 3 is 1.67 bits per heavy atom. The van der Waals surface area contributed by atoms with Gasteiger partial charge in [-0.2, -0.15) is 0 Å². The van der Waals surface area contributed by atoms with Crippen LogP contribution in [0.3, 0.4) is 0 Å². The zero-order valence-electron chi connectivity index (χ0n) is 18.5. The molecule has 0 saturated carbocycles. The average molecular weight is 426 g/mol. The SMILES string of the molecule is CC(C)(C)[Si](C#CCOCCOCCOCCN)(c1ccccc1)c1ccccc1. The van der Waals surface area contributed by atoms with Crippen LogP contribution in [0, 0.1) is 11.5 Å². The van der Waals surface area contributed by atoms with E-state index in [0.29, 0.717) is 46.2 Å². The highest BCUT2D eigenvalue weighted by molar-refractivity contribution is 7.10. The molecule has 5 heteroatoms. The minimum absolute atomic E-state index is 0.0232. The normalized spacial score (nSPS) is 11.7. The van der Waals surface area contributed by atoms with Crippen molar-refractivity contribution in [2.75, 3.05) is 46.2 Å². The number of hydrogen-bond acceptors (Lipinski definition) is 4. The van der Waals surface area contributed by atoms with Crippen molar-refractivity contribution in [2.24, 2.45) is 5.73 Å². The Morgan fingerprint density at radius 2 is 1.20 bits per heavy atom. The van der Waals surface area contributed by atoms with E-state index in [9.17, 15) is 0 Å². The molecule has 2 rings (SSSR count). The van der Waals surface area contributed by atoms with E-state index in [0.717, 1.165) is 0 Å². The van der Waals surface area contributed by atoms with Crippen molar-refractivity contribution in [3.63, 3.8) is 0 Å². The number of ether oxygens (including phenoxy) is 3. The van der Waals surface area contributed by atoms with Gasteiger partial charge in [-0.1, -0.05) is 87.4 Å². The van der Waals surface area contributed by atoms with Gasteiger partial charge >= 0.3 is 0 Å². The standard InChI is InChI=1S/C25H35NO3Si/c1-25(2,3)30(23-11-6-4-7-12-23,24-13-8-5-9-14-24)22-10-16-27-18-20-29-21-19-28-17-15-26/h4-9,11-14H,15-21,26H2,1-3H3. The molecule has 0 bridgehead atoms. The summed E-state index contributed by atoms with van der Waals surface area (Å²) in [6, 6.07) is 21.5. The highest BCUT2D eigenvalue weighted by atomic mass is 28.3. The largest absolute Gasteiger partial charge is 0.378 e. The highest BCUT2D eigenvalue weighted by Crippen LogP contribution is 2.35. The van der Waals surface area contributed by atoms with Gasteiger partial charge < -0.3 is 19.9 Å². The van der Waals surface area contributed by atoms with E-state index >= 15 is 0 Å². The molecule has 0 unspecified atom stereocenters. The lowest BCUT2D eigenvalue weighted by atomic mass is 10.2. The zero-order chi connectivity index (χ0) is 21.7. The summed E-state index contributed by atoms with van der Waals surface area (Å²) in [6.07, 6.45) is 0. The van der Waals surface area contributed by atoms with Gasteiger partial charge in [0.2, 0.25) is 8.07 Å². The van der Waals surface area contributed by atoms with Gasteiger partial charge in [0.15, 0.2) is 0 Å². The molecule has 0 atom stereocenters. The molecule has 4 nitrogen and oxygen atoms in total. The lowest BCUT2D eigenvalue weighted by Crippen LogP contribution is -2.63. The van der Waals surface area contributed by atoms with Crippen LogP contribution in [0.25, 0.3) is 0 Å².